The van der Waals surface area contributed by atoms with Crippen LogP contribution in [0.2, 0.25) is 0 Å². The number of carbonyl (C=O) groups excluding carboxylic acids is 1. The minimum Gasteiger partial charge on any atom is -0.479 e. The zero-order chi connectivity index (χ0) is 32.5. The van der Waals surface area contributed by atoms with Gasteiger partial charge in [-0.3, -0.25) is 9.35 Å². The fourth-order valence-corrected chi connectivity index (χ4v) is 4.86. The van der Waals surface area contributed by atoms with Gasteiger partial charge in [0.15, 0.2) is 31.1 Å². The Morgan fingerprint density at radius 1 is 0.721 bits per heavy atom. The average Bonchev–Trinajstić information content (AvgIpc) is 2.90. The van der Waals surface area contributed by atoms with Gasteiger partial charge in [-0.1, -0.05) is 0 Å². The summed E-state index contributed by atoms with van der Waals surface area (Å²) in [5, 5.41) is 92.5. The van der Waals surface area contributed by atoms with Crippen molar-refractivity contribution in [2.75, 3.05) is 6.61 Å². The fourth-order valence-electron chi connectivity index (χ4n) is 4.55. The number of aliphatic hydroxyl groups excluding tert-OH is 7. The van der Waals surface area contributed by atoms with Crippen LogP contribution in [0, 0.1) is 0 Å². The van der Waals surface area contributed by atoms with Crippen LogP contribution in [0.3, 0.4) is 0 Å². The number of rotatable bonds is 10. The largest absolute Gasteiger partial charge is 0.479 e. The molecule has 43 heavy (non-hydrogen) atoms. The minimum atomic E-state index is -5.22. The Morgan fingerprint density at radius 2 is 1.30 bits per heavy atom. The number of amides is 1. The van der Waals surface area contributed by atoms with E-state index in [1.165, 1.54) is 0 Å². The molecule has 11 N–H and O–H groups in total. The number of hydrogen-bond acceptors (Lipinski definition) is 18. The summed E-state index contributed by atoms with van der Waals surface area (Å²) in [6.07, 6.45) is -29.8. The number of aliphatic carboxylic acids is 2. The number of hydrogen-bond donors (Lipinski definition) is 11. The molecule has 0 aromatic carbocycles. The molecule has 0 aliphatic carbocycles. The molecule has 0 bridgehead atoms. The molecule has 3 aliphatic heterocycles. The molecular weight excluding hydrogens is 622 g/mol. The maximum absolute atomic E-state index is 12.0. The molecule has 0 saturated carbocycles. The first-order valence-electron chi connectivity index (χ1n) is 12.2. The first kappa shape index (κ1) is 35.3. The molecule has 3 fully saturated rings. The predicted molar refractivity (Wildman–Crippen MR) is 124 cm³/mol. The number of nitrogens with one attached hydrogen (secondary N) is 1. The van der Waals surface area contributed by atoms with Crippen LogP contribution in [-0.4, -0.2) is 175 Å². The second kappa shape index (κ2) is 13.8. The van der Waals surface area contributed by atoms with Crippen molar-refractivity contribution in [2.45, 2.75) is 99.0 Å². The van der Waals surface area contributed by atoms with Gasteiger partial charge < -0.3 is 75.0 Å². The van der Waals surface area contributed by atoms with Gasteiger partial charge in [0.2, 0.25) is 5.91 Å². The summed E-state index contributed by atoms with van der Waals surface area (Å²) in [6.45, 7) is -0.300. The number of carbonyl (C=O) groups is 3. The number of ether oxygens (including phenoxy) is 5. The van der Waals surface area contributed by atoms with Crippen molar-refractivity contribution < 1.29 is 101 Å². The molecule has 0 spiro atoms. The summed E-state index contributed by atoms with van der Waals surface area (Å²) in [5.41, 5.74) is 0. The smallest absolute Gasteiger partial charge is 0.397 e. The van der Waals surface area contributed by atoms with Gasteiger partial charge in [-0.05, 0) is 0 Å². The van der Waals surface area contributed by atoms with Crippen molar-refractivity contribution in [1.29, 1.82) is 0 Å². The molecule has 3 aliphatic rings. The zero-order valence-corrected chi connectivity index (χ0v) is 22.6. The van der Waals surface area contributed by atoms with E-state index in [0.717, 1.165) is 6.92 Å². The Hall–Kier alpha value is -2.20. The van der Waals surface area contributed by atoms with Crippen LogP contribution in [0.1, 0.15) is 6.92 Å². The molecule has 3 saturated heterocycles. The second-order valence-electron chi connectivity index (χ2n) is 9.68. The third-order valence-electron chi connectivity index (χ3n) is 6.63. The van der Waals surface area contributed by atoms with Crippen molar-refractivity contribution in [1.82, 2.24) is 5.32 Å². The topological polar surface area (TPSA) is 355 Å². The van der Waals surface area contributed by atoms with Crippen LogP contribution in [-0.2, 0) is 52.7 Å². The molecule has 3 rings (SSSR count). The van der Waals surface area contributed by atoms with E-state index in [2.05, 4.69) is 9.50 Å². The van der Waals surface area contributed by atoms with E-state index in [9.17, 15) is 68.8 Å². The van der Waals surface area contributed by atoms with E-state index < -0.39 is 127 Å². The predicted octanol–water partition coefficient (Wildman–Crippen LogP) is -7.42. The highest BCUT2D eigenvalue weighted by molar-refractivity contribution is 7.80. The summed E-state index contributed by atoms with van der Waals surface area (Å²) in [7, 11) is -5.22. The van der Waals surface area contributed by atoms with Crippen LogP contribution >= 0.6 is 0 Å². The van der Waals surface area contributed by atoms with Gasteiger partial charge in [-0.2, -0.15) is 8.42 Å². The monoisotopic (exact) mass is 653 g/mol. The van der Waals surface area contributed by atoms with Crippen molar-refractivity contribution in [2.24, 2.45) is 0 Å². The summed E-state index contributed by atoms with van der Waals surface area (Å²) in [5.74, 6) is -4.51. The standard InChI is InChI=1S/C20H31NO21S/c1-3(22)21-5-6(23)12(40-20-11(28)7(24)8(25)14(42-20)16(29)30)4(2-37-43(34,35)36)38-19(5)41-13-9(26)10(27)18(33)39-15(13)17(31)32/h4-15,18-20,23-28,33H,2H2,1H3,(H,21,22)(H,29,30)(H,31,32)(H,34,35,36)/t4-,5-,6-,7+,8+,9-,10-,11-,12-,13+,14+,15+,18?,19-,20-/m1/s1. The summed E-state index contributed by atoms with van der Waals surface area (Å²) in [6, 6.07) is -1.83. The lowest BCUT2D eigenvalue weighted by molar-refractivity contribution is -0.359. The number of carboxylic acid groups (broad SMARTS) is 2. The van der Waals surface area contributed by atoms with E-state index in [1.807, 2.05) is 0 Å². The summed E-state index contributed by atoms with van der Waals surface area (Å²) < 4.78 is 62.0. The lowest BCUT2D eigenvalue weighted by Crippen LogP contribution is -2.69. The van der Waals surface area contributed by atoms with Crippen LogP contribution in [0.25, 0.3) is 0 Å². The molecule has 1 unspecified atom stereocenters. The van der Waals surface area contributed by atoms with Gasteiger partial charge in [0, 0.05) is 6.92 Å². The van der Waals surface area contributed by atoms with Gasteiger partial charge in [-0.15, -0.1) is 0 Å². The third kappa shape index (κ3) is 8.10. The molecule has 23 heteroatoms. The Morgan fingerprint density at radius 3 is 1.84 bits per heavy atom. The van der Waals surface area contributed by atoms with Crippen LogP contribution in [0.15, 0.2) is 0 Å². The van der Waals surface area contributed by atoms with Gasteiger partial charge >= 0.3 is 22.3 Å². The SMILES string of the molecule is CC(=O)N[C@H]1[C@@H](O[C@H]2[C@H](O)[C@@H](O)C(O)O[C@@H]2C(=O)O)O[C@H](COS(=O)(=O)O)[C@@H](O[C@@H]2O[C@H](C(=O)O)[C@@H](O)[C@H](O)[C@H]2O)[C@@H]1O. The lowest BCUT2D eigenvalue weighted by atomic mass is 9.94. The van der Waals surface area contributed by atoms with Gasteiger partial charge in [0.1, 0.15) is 61.0 Å². The molecule has 0 aromatic heterocycles. The van der Waals surface area contributed by atoms with Crippen molar-refractivity contribution in [3.63, 3.8) is 0 Å². The number of carboxylic acids is 2. The fraction of sp³-hybridized carbons (Fsp3) is 0.850. The summed E-state index contributed by atoms with van der Waals surface area (Å²) in [4.78, 5) is 35.1. The molecule has 0 radical (unpaired) electrons. The average molecular weight is 654 g/mol. The highest BCUT2D eigenvalue weighted by Gasteiger charge is 2.55. The lowest BCUT2D eigenvalue weighted by Gasteiger charge is -2.48. The van der Waals surface area contributed by atoms with Gasteiger partial charge in [-0.25, -0.2) is 13.8 Å². The first-order chi connectivity index (χ1) is 19.8. The van der Waals surface area contributed by atoms with E-state index in [-0.39, 0.29) is 0 Å². The van der Waals surface area contributed by atoms with Crippen LogP contribution < -0.4 is 5.32 Å². The van der Waals surface area contributed by atoms with Crippen LogP contribution in [0.4, 0.5) is 0 Å². The molecule has 1 amide bonds. The minimum absolute atomic E-state index is 0.892. The maximum Gasteiger partial charge on any atom is 0.397 e. The van der Waals surface area contributed by atoms with E-state index >= 15 is 0 Å². The third-order valence-corrected chi connectivity index (χ3v) is 7.06. The normalized spacial score (nSPS) is 44.0. The maximum atomic E-state index is 12.0. The molecule has 22 nitrogen and oxygen atoms in total. The van der Waals surface area contributed by atoms with E-state index in [0.29, 0.717) is 0 Å². The highest BCUT2D eigenvalue weighted by Crippen LogP contribution is 2.33. The molecule has 15 atom stereocenters. The van der Waals surface area contributed by atoms with Crippen LogP contribution in [0.5, 0.6) is 0 Å². The zero-order valence-electron chi connectivity index (χ0n) is 21.7. The van der Waals surface area contributed by atoms with E-state index in [1.54, 1.807) is 0 Å². The van der Waals surface area contributed by atoms with E-state index in [4.69, 9.17) is 28.2 Å². The van der Waals surface area contributed by atoms with Gasteiger partial charge in [0.05, 0.1) is 6.61 Å². The molecule has 0 aromatic rings. The highest BCUT2D eigenvalue weighted by atomic mass is 32.3. The Kier molecular flexibility index (Phi) is 11.4. The van der Waals surface area contributed by atoms with Gasteiger partial charge in [0.25, 0.3) is 0 Å². The Labute approximate surface area is 240 Å². The second-order valence-corrected chi connectivity index (χ2v) is 10.8. The molecule has 248 valence electrons. The molecule has 3 heterocycles. The quantitative estimate of drug-likeness (QED) is 0.0975. The summed E-state index contributed by atoms with van der Waals surface area (Å²) >= 11 is 0. The van der Waals surface area contributed by atoms with Crippen molar-refractivity contribution in [3.05, 3.63) is 0 Å². The first-order valence-corrected chi connectivity index (χ1v) is 13.6. The number of aliphatic hydroxyl groups is 7. The Balaban J connectivity index is 1.97. The Bertz CT molecular complexity index is 1120. The van der Waals surface area contributed by atoms with Crippen molar-refractivity contribution in [3.8, 4) is 0 Å². The molecular formula is C20H31NO21S. The van der Waals surface area contributed by atoms with Crippen molar-refractivity contribution >= 4 is 28.2 Å².